The molecule has 130 valence electrons. The van der Waals surface area contributed by atoms with Gasteiger partial charge >= 0.3 is 0 Å². The number of hydrogen-bond donors (Lipinski definition) is 0. The fraction of sp³-hybridized carbons (Fsp3) is 0.500. The lowest BCUT2D eigenvalue weighted by molar-refractivity contribution is 0.581. The van der Waals surface area contributed by atoms with Crippen LogP contribution < -0.4 is 4.90 Å². The molecule has 0 atom stereocenters. The van der Waals surface area contributed by atoms with Gasteiger partial charge in [-0.25, -0.2) is 0 Å². The van der Waals surface area contributed by atoms with Gasteiger partial charge in [0.25, 0.3) is 0 Å². The number of aryl methyl sites for hydroxylation is 1. The van der Waals surface area contributed by atoms with Crippen LogP contribution in [0.25, 0.3) is 10.9 Å². The monoisotopic (exact) mass is 324 g/mol. The van der Waals surface area contributed by atoms with Crippen LogP contribution in [0.15, 0.2) is 43.0 Å². The van der Waals surface area contributed by atoms with Crippen LogP contribution in [0.1, 0.15) is 57.1 Å². The number of benzene rings is 1. The largest absolute Gasteiger partial charge is 0.374 e. The van der Waals surface area contributed by atoms with E-state index in [2.05, 4.69) is 60.8 Å². The first kappa shape index (κ1) is 18.5. The molecular weight excluding hydrogens is 292 g/mol. The SMILES string of the molecule is C=CCCCCCCCCCN(C)c1cc(C)nc2ccccc12. The van der Waals surface area contributed by atoms with Crippen molar-refractivity contribution in [3.63, 3.8) is 0 Å². The lowest BCUT2D eigenvalue weighted by Gasteiger charge is -2.21. The molecule has 0 amide bonds. The van der Waals surface area contributed by atoms with E-state index < -0.39 is 0 Å². The summed E-state index contributed by atoms with van der Waals surface area (Å²) >= 11 is 0. The van der Waals surface area contributed by atoms with Crippen LogP contribution in [0.3, 0.4) is 0 Å². The molecule has 0 aliphatic carbocycles. The number of anilines is 1. The smallest absolute Gasteiger partial charge is 0.0726 e. The second kappa shape index (κ2) is 10.1. The number of unbranched alkanes of at least 4 members (excludes halogenated alkanes) is 7. The predicted octanol–water partition coefficient (Wildman–Crippen LogP) is 6.29. The summed E-state index contributed by atoms with van der Waals surface area (Å²) in [4.78, 5) is 7.03. The van der Waals surface area contributed by atoms with Gasteiger partial charge in [0, 0.05) is 30.4 Å². The molecule has 2 nitrogen and oxygen atoms in total. The molecule has 0 spiro atoms. The van der Waals surface area contributed by atoms with Crippen molar-refractivity contribution < 1.29 is 0 Å². The van der Waals surface area contributed by atoms with Gasteiger partial charge in [0.05, 0.1) is 5.52 Å². The molecule has 0 saturated carbocycles. The summed E-state index contributed by atoms with van der Waals surface area (Å²) in [7, 11) is 2.20. The van der Waals surface area contributed by atoms with E-state index in [-0.39, 0.29) is 0 Å². The van der Waals surface area contributed by atoms with Crippen LogP contribution in [0.2, 0.25) is 0 Å². The Morgan fingerprint density at radius 2 is 1.67 bits per heavy atom. The van der Waals surface area contributed by atoms with E-state index >= 15 is 0 Å². The molecule has 0 saturated heterocycles. The molecule has 1 aromatic carbocycles. The standard InChI is InChI=1S/C22H32N2/c1-4-5-6-7-8-9-10-11-14-17-24(3)22-18-19(2)23-21-16-13-12-15-20(21)22/h4,12-13,15-16,18H,1,5-11,14,17H2,2-3H3. The minimum Gasteiger partial charge on any atom is -0.374 e. The Labute approximate surface area is 147 Å². The van der Waals surface area contributed by atoms with E-state index in [0.717, 1.165) is 17.8 Å². The van der Waals surface area contributed by atoms with Gasteiger partial charge in [-0.1, -0.05) is 56.4 Å². The van der Waals surface area contributed by atoms with Gasteiger partial charge in [0.15, 0.2) is 0 Å². The molecule has 0 fully saturated rings. The highest BCUT2D eigenvalue weighted by molar-refractivity contribution is 5.91. The van der Waals surface area contributed by atoms with Gasteiger partial charge in [-0.05, 0) is 38.3 Å². The summed E-state index contributed by atoms with van der Waals surface area (Å²) < 4.78 is 0. The van der Waals surface area contributed by atoms with Gasteiger partial charge in [-0.2, -0.15) is 0 Å². The summed E-state index contributed by atoms with van der Waals surface area (Å²) in [5, 5.41) is 1.26. The third kappa shape index (κ3) is 5.67. The first-order chi connectivity index (χ1) is 11.7. The first-order valence-electron chi connectivity index (χ1n) is 9.41. The molecule has 2 rings (SSSR count). The molecular formula is C22H32N2. The molecule has 0 aliphatic heterocycles. The summed E-state index contributed by atoms with van der Waals surface area (Å²) in [5.41, 5.74) is 3.50. The number of rotatable bonds is 11. The Kier molecular flexibility index (Phi) is 7.81. The maximum atomic E-state index is 4.64. The Morgan fingerprint density at radius 1 is 1.00 bits per heavy atom. The number of nitrogens with zero attached hydrogens (tertiary/aromatic N) is 2. The van der Waals surface area contributed by atoms with E-state index in [1.807, 2.05) is 6.08 Å². The molecule has 1 aromatic heterocycles. The Morgan fingerprint density at radius 3 is 2.42 bits per heavy atom. The maximum Gasteiger partial charge on any atom is 0.0726 e. The summed E-state index contributed by atoms with van der Waals surface area (Å²) in [5.74, 6) is 0. The highest BCUT2D eigenvalue weighted by atomic mass is 15.1. The minimum atomic E-state index is 1.09. The van der Waals surface area contributed by atoms with Crippen LogP contribution in [-0.4, -0.2) is 18.6 Å². The number of fused-ring (bicyclic) bond motifs is 1. The molecule has 0 bridgehead atoms. The van der Waals surface area contributed by atoms with Crippen molar-refractivity contribution >= 4 is 16.6 Å². The topological polar surface area (TPSA) is 16.1 Å². The highest BCUT2D eigenvalue weighted by Crippen LogP contribution is 2.26. The lowest BCUT2D eigenvalue weighted by Crippen LogP contribution is -2.19. The highest BCUT2D eigenvalue weighted by Gasteiger charge is 2.07. The fourth-order valence-electron chi connectivity index (χ4n) is 3.24. The van der Waals surface area contributed by atoms with Crippen LogP contribution in [-0.2, 0) is 0 Å². The zero-order valence-corrected chi connectivity index (χ0v) is 15.4. The minimum absolute atomic E-state index is 1.09. The molecule has 2 heteroatoms. The summed E-state index contributed by atoms with van der Waals surface area (Å²) in [6.07, 6.45) is 12.6. The van der Waals surface area contributed by atoms with Crippen molar-refractivity contribution in [3.05, 3.63) is 48.7 Å². The van der Waals surface area contributed by atoms with Crippen LogP contribution in [0, 0.1) is 6.92 Å². The Balaban J connectivity index is 1.75. The molecule has 0 N–H and O–H groups in total. The van der Waals surface area contributed by atoms with E-state index in [1.165, 1.54) is 62.4 Å². The third-order valence-electron chi connectivity index (χ3n) is 4.64. The number of aromatic nitrogens is 1. The van der Waals surface area contributed by atoms with Crippen molar-refractivity contribution in [2.75, 3.05) is 18.5 Å². The number of hydrogen-bond acceptors (Lipinski definition) is 2. The van der Waals surface area contributed by atoms with Gasteiger partial charge in [-0.3, -0.25) is 4.98 Å². The van der Waals surface area contributed by atoms with E-state index in [1.54, 1.807) is 0 Å². The third-order valence-corrected chi connectivity index (χ3v) is 4.64. The van der Waals surface area contributed by atoms with Crippen molar-refractivity contribution in [1.29, 1.82) is 0 Å². The Bertz CT molecular complexity index is 633. The van der Waals surface area contributed by atoms with E-state index in [4.69, 9.17) is 0 Å². The summed E-state index contributed by atoms with van der Waals surface area (Å²) in [6, 6.07) is 10.7. The molecule has 1 heterocycles. The second-order valence-electron chi connectivity index (χ2n) is 6.77. The number of para-hydroxylation sites is 1. The van der Waals surface area contributed by atoms with Gasteiger partial charge < -0.3 is 4.90 Å². The van der Waals surface area contributed by atoms with Crippen LogP contribution >= 0.6 is 0 Å². The fourth-order valence-corrected chi connectivity index (χ4v) is 3.24. The van der Waals surface area contributed by atoms with Crippen molar-refractivity contribution in [2.45, 2.75) is 58.3 Å². The van der Waals surface area contributed by atoms with E-state index in [9.17, 15) is 0 Å². The maximum absolute atomic E-state index is 4.64. The average molecular weight is 325 g/mol. The Hall–Kier alpha value is -1.83. The zero-order valence-electron chi connectivity index (χ0n) is 15.4. The average Bonchev–Trinajstić information content (AvgIpc) is 2.59. The molecule has 0 unspecified atom stereocenters. The van der Waals surface area contributed by atoms with Crippen LogP contribution in [0.4, 0.5) is 5.69 Å². The van der Waals surface area contributed by atoms with Crippen molar-refractivity contribution in [3.8, 4) is 0 Å². The predicted molar refractivity (Wildman–Crippen MR) is 107 cm³/mol. The first-order valence-corrected chi connectivity index (χ1v) is 9.41. The van der Waals surface area contributed by atoms with Gasteiger partial charge in [-0.15, -0.1) is 6.58 Å². The quantitative estimate of drug-likeness (QED) is 0.357. The second-order valence-corrected chi connectivity index (χ2v) is 6.77. The molecule has 0 radical (unpaired) electrons. The molecule has 2 aromatic rings. The molecule has 0 aliphatic rings. The normalized spacial score (nSPS) is 10.9. The van der Waals surface area contributed by atoms with Gasteiger partial charge in [0.1, 0.15) is 0 Å². The zero-order chi connectivity index (χ0) is 17.2. The van der Waals surface area contributed by atoms with Crippen molar-refractivity contribution in [2.24, 2.45) is 0 Å². The van der Waals surface area contributed by atoms with E-state index in [0.29, 0.717) is 0 Å². The van der Waals surface area contributed by atoms with Crippen molar-refractivity contribution in [1.82, 2.24) is 4.98 Å². The number of allylic oxidation sites excluding steroid dienone is 1. The molecule has 24 heavy (non-hydrogen) atoms. The lowest BCUT2D eigenvalue weighted by atomic mass is 10.1. The van der Waals surface area contributed by atoms with Crippen LogP contribution in [0.5, 0.6) is 0 Å². The summed E-state index contributed by atoms with van der Waals surface area (Å²) in [6.45, 7) is 6.97. The number of pyridine rings is 1. The van der Waals surface area contributed by atoms with Gasteiger partial charge in [0.2, 0.25) is 0 Å².